The van der Waals surface area contributed by atoms with Gasteiger partial charge in [0.2, 0.25) is 0 Å². The second-order valence-corrected chi connectivity index (χ2v) is 5.03. The van der Waals surface area contributed by atoms with Crippen molar-refractivity contribution < 1.29 is 33.0 Å². The molecule has 1 heterocycles. The third-order valence-electron chi connectivity index (χ3n) is 3.94. The fourth-order valence-corrected chi connectivity index (χ4v) is 2.96. The smallest absolute Gasteiger partial charge is 0.341 e. The number of ether oxygens (including phenoxy) is 3. The summed E-state index contributed by atoms with van der Waals surface area (Å²) in [5.74, 6) is -2.53. The molecule has 0 amide bonds. The molecule has 1 aromatic rings. The third kappa shape index (κ3) is 2.47. The van der Waals surface area contributed by atoms with Crippen LogP contribution in [0, 0.1) is 12.8 Å². The second-order valence-electron chi connectivity index (χ2n) is 5.03. The van der Waals surface area contributed by atoms with Crippen molar-refractivity contribution in [3.63, 3.8) is 0 Å². The van der Waals surface area contributed by atoms with E-state index in [9.17, 15) is 14.4 Å². The summed E-state index contributed by atoms with van der Waals surface area (Å²) in [5, 5.41) is 0. The zero-order valence-corrected chi connectivity index (χ0v) is 12.9. The topological polar surface area (TPSA) is 92.0 Å². The van der Waals surface area contributed by atoms with Crippen molar-refractivity contribution in [2.24, 2.45) is 5.92 Å². The van der Waals surface area contributed by atoms with E-state index in [0.29, 0.717) is 29.9 Å². The number of esters is 3. The summed E-state index contributed by atoms with van der Waals surface area (Å²) in [5.41, 5.74) is 0.555. The summed E-state index contributed by atoms with van der Waals surface area (Å²) in [4.78, 5) is 36.2. The molecule has 0 bridgehead atoms. The Bertz CT molecular complexity index is 614. The van der Waals surface area contributed by atoms with E-state index in [1.165, 1.54) is 21.3 Å². The molecule has 1 aromatic heterocycles. The van der Waals surface area contributed by atoms with E-state index in [4.69, 9.17) is 18.6 Å². The molecule has 0 radical (unpaired) electrons. The Balaban J connectivity index is 2.61. The van der Waals surface area contributed by atoms with E-state index < -0.39 is 29.7 Å². The van der Waals surface area contributed by atoms with Gasteiger partial charge in [0.1, 0.15) is 17.1 Å². The van der Waals surface area contributed by atoms with Crippen LogP contribution in [0.4, 0.5) is 0 Å². The normalized spacial score (nSPS) is 20.0. The highest BCUT2D eigenvalue weighted by atomic mass is 16.5. The van der Waals surface area contributed by atoms with Crippen LogP contribution in [0.15, 0.2) is 4.42 Å². The fourth-order valence-electron chi connectivity index (χ4n) is 2.96. The Morgan fingerprint density at radius 2 is 1.68 bits per heavy atom. The van der Waals surface area contributed by atoms with Crippen LogP contribution < -0.4 is 0 Å². The molecule has 7 heteroatoms. The van der Waals surface area contributed by atoms with E-state index in [1.54, 1.807) is 6.92 Å². The molecule has 0 fully saturated rings. The number of methoxy groups -OCH3 is 3. The van der Waals surface area contributed by atoms with Crippen LogP contribution in [0.2, 0.25) is 0 Å². The molecule has 120 valence electrons. The maximum absolute atomic E-state index is 12.2. The standard InChI is InChI=1S/C15H18O7/c1-7-10(14(17)20-3)12-9(22-7)6-5-8(13(16)19-2)11(12)15(18)21-4/h8,11H,5-6H2,1-4H3/t8-,11-/m1/s1. The van der Waals surface area contributed by atoms with Gasteiger partial charge >= 0.3 is 17.9 Å². The first-order valence-corrected chi connectivity index (χ1v) is 6.82. The first-order chi connectivity index (χ1) is 10.5. The Morgan fingerprint density at radius 1 is 1.05 bits per heavy atom. The molecular formula is C15H18O7. The molecule has 1 aliphatic rings. The SMILES string of the molecule is COC(=O)c1c(C)oc2c1[C@H](C(=O)OC)[C@H](C(=O)OC)CC2. The van der Waals surface area contributed by atoms with Gasteiger partial charge in [-0.25, -0.2) is 4.79 Å². The lowest BCUT2D eigenvalue weighted by Crippen LogP contribution is -2.34. The molecule has 0 aliphatic heterocycles. The minimum atomic E-state index is -0.937. The Hall–Kier alpha value is -2.31. The lowest BCUT2D eigenvalue weighted by molar-refractivity contribution is -0.154. The second kappa shape index (κ2) is 6.21. The zero-order chi connectivity index (χ0) is 16.4. The minimum absolute atomic E-state index is 0.182. The van der Waals surface area contributed by atoms with Crippen LogP contribution in [0.25, 0.3) is 0 Å². The van der Waals surface area contributed by atoms with Crippen LogP contribution in [0.3, 0.4) is 0 Å². The van der Waals surface area contributed by atoms with Gasteiger partial charge in [-0.05, 0) is 13.3 Å². The van der Waals surface area contributed by atoms with Gasteiger partial charge in [0.05, 0.1) is 33.2 Å². The number of fused-ring (bicyclic) bond motifs is 1. The van der Waals surface area contributed by atoms with Gasteiger partial charge in [0.25, 0.3) is 0 Å². The molecule has 0 unspecified atom stereocenters. The molecule has 22 heavy (non-hydrogen) atoms. The molecule has 0 spiro atoms. The molecule has 7 nitrogen and oxygen atoms in total. The monoisotopic (exact) mass is 310 g/mol. The highest BCUT2D eigenvalue weighted by Gasteiger charge is 2.45. The summed E-state index contributed by atoms with van der Waals surface area (Å²) in [6.45, 7) is 1.62. The summed E-state index contributed by atoms with van der Waals surface area (Å²) in [6.07, 6.45) is 0.813. The summed E-state index contributed by atoms with van der Waals surface area (Å²) < 4.78 is 19.9. The molecule has 0 aromatic carbocycles. The zero-order valence-electron chi connectivity index (χ0n) is 12.9. The number of carbonyl (C=O) groups excluding carboxylic acids is 3. The van der Waals surface area contributed by atoms with Crippen molar-refractivity contribution >= 4 is 17.9 Å². The lowest BCUT2D eigenvalue weighted by Gasteiger charge is -2.27. The maximum atomic E-state index is 12.2. The average Bonchev–Trinajstić information content (AvgIpc) is 2.87. The lowest BCUT2D eigenvalue weighted by atomic mass is 9.76. The van der Waals surface area contributed by atoms with Crippen molar-refractivity contribution in [2.75, 3.05) is 21.3 Å². The van der Waals surface area contributed by atoms with Gasteiger partial charge in [0, 0.05) is 12.0 Å². The minimum Gasteiger partial charge on any atom is -0.469 e. The number of hydrogen-bond acceptors (Lipinski definition) is 7. The molecule has 2 atom stereocenters. The third-order valence-corrected chi connectivity index (χ3v) is 3.94. The van der Waals surface area contributed by atoms with Crippen molar-refractivity contribution in [1.29, 1.82) is 0 Å². The van der Waals surface area contributed by atoms with E-state index in [2.05, 4.69) is 0 Å². The highest BCUT2D eigenvalue weighted by Crippen LogP contribution is 2.42. The van der Waals surface area contributed by atoms with Crippen LogP contribution in [0.5, 0.6) is 0 Å². The fraction of sp³-hybridized carbons (Fsp3) is 0.533. The van der Waals surface area contributed by atoms with Crippen LogP contribution >= 0.6 is 0 Å². The highest BCUT2D eigenvalue weighted by molar-refractivity contribution is 5.96. The Kier molecular flexibility index (Phi) is 4.54. The van der Waals surface area contributed by atoms with E-state index in [1.807, 2.05) is 0 Å². The van der Waals surface area contributed by atoms with E-state index >= 15 is 0 Å². The molecular weight excluding hydrogens is 292 g/mol. The predicted molar refractivity (Wildman–Crippen MR) is 73.4 cm³/mol. The number of hydrogen-bond donors (Lipinski definition) is 0. The van der Waals surface area contributed by atoms with Gasteiger partial charge in [0.15, 0.2) is 0 Å². The van der Waals surface area contributed by atoms with Crippen molar-refractivity contribution in [1.82, 2.24) is 0 Å². The molecule has 0 saturated heterocycles. The first kappa shape index (κ1) is 16.1. The summed E-state index contributed by atoms with van der Waals surface area (Å²) in [6, 6.07) is 0. The van der Waals surface area contributed by atoms with Gasteiger partial charge in [-0.3, -0.25) is 9.59 Å². The molecule has 2 rings (SSSR count). The predicted octanol–water partition coefficient (Wildman–Crippen LogP) is 1.37. The quantitative estimate of drug-likeness (QED) is 0.615. The van der Waals surface area contributed by atoms with Gasteiger partial charge in [-0.15, -0.1) is 0 Å². The summed E-state index contributed by atoms with van der Waals surface area (Å²) >= 11 is 0. The Labute approximate surface area is 127 Å². The van der Waals surface area contributed by atoms with Crippen LogP contribution in [-0.2, 0) is 30.2 Å². The van der Waals surface area contributed by atoms with Gasteiger partial charge in [-0.1, -0.05) is 0 Å². The number of carbonyl (C=O) groups is 3. The Morgan fingerprint density at radius 3 is 2.23 bits per heavy atom. The van der Waals surface area contributed by atoms with Gasteiger partial charge < -0.3 is 18.6 Å². The number of furan rings is 1. The van der Waals surface area contributed by atoms with Crippen molar-refractivity contribution in [2.45, 2.75) is 25.7 Å². The van der Waals surface area contributed by atoms with Gasteiger partial charge in [-0.2, -0.15) is 0 Å². The molecule has 0 saturated carbocycles. The van der Waals surface area contributed by atoms with Crippen molar-refractivity contribution in [3.8, 4) is 0 Å². The van der Waals surface area contributed by atoms with Crippen molar-refractivity contribution in [3.05, 3.63) is 22.6 Å². The molecule has 1 aliphatic carbocycles. The first-order valence-electron chi connectivity index (χ1n) is 6.82. The van der Waals surface area contributed by atoms with Crippen LogP contribution in [-0.4, -0.2) is 39.2 Å². The largest absolute Gasteiger partial charge is 0.469 e. The van der Waals surface area contributed by atoms with Crippen LogP contribution in [0.1, 0.15) is 39.8 Å². The number of rotatable bonds is 3. The summed E-state index contributed by atoms with van der Waals surface area (Å²) in [7, 11) is 3.73. The van der Waals surface area contributed by atoms with E-state index in [0.717, 1.165) is 0 Å². The maximum Gasteiger partial charge on any atom is 0.341 e. The van der Waals surface area contributed by atoms with E-state index in [-0.39, 0.29) is 5.56 Å². The average molecular weight is 310 g/mol. The number of aryl methyl sites for hydroxylation is 2. The molecule has 0 N–H and O–H groups in total.